The highest BCUT2D eigenvalue weighted by Crippen LogP contribution is 2.29. The van der Waals surface area contributed by atoms with Crippen LogP contribution in [0.1, 0.15) is 38.2 Å². The fraction of sp³-hybridized carbons (Fsp3) is 0.571. The molecule has 3 nitrogen and oxygen atoms in total. The lowest BCUT2D eigenvalue weighted by atomic mass is 9.98. The van der Waals surface area contributed by atoms with Crippen molar-refractivity contribution in [1.29, 1.82) is 0 Å². The van der Waals surface area contributed by atoms with Gasteiger partial charge in [-0.2, -0.15) is 0 Å². The summed E-state index contributed by atoms with van der Waals surface area (Å²) in [6.45, 7) is 6.99. The third kappa shape index (κ3) is 5.57. The van der Waals surface area contributed by atoms with E-state index in [1.54, 1.807) is 0 Å². The van der Waals surface area contributed by atoms with Crippen LogP contribution in [0.15, 0.2) is 41.4 Å². The summed E-state index contributed by atoms with van der Waals surface area (Å²) in [6.07, 6.45) is 9.41. The zero-order chi connectivity index (χ0) is 16.6. The molecule has 2 atom stereocenters. The van der Waals surface area contributed by atoms with E-state index in [9.17, 15) is 0 Å². The van der Waals surface area contributed by atoms with E-state index in [0.29, 0.717) is 0 Å². The molecular weight excluding hydrogens is 294 g/mol. The summed E-state index contributed by atoms with van der Waals surface area (Å²) in [5.74, 6) is 1.89. The standard InChI is InChI=1S/C11H11N.C10H20N2/c1-2-5-10(6-3-1)11-7-4-8-12-9-11;1-8-6-10(8)12-7-9-2-4-11-5-3-9/h1-3,5-7,9H,4,8H2;8-12H,2-7H2,1H3/t;8?,10-/m.0/s1. The molecule has 1 unspecified atom stereocenters. The fourth-order valence-corrected chi connectivity index (χ4v) is 3.34. The molecular formula is C21H31N3. The number of rotatable bonds is 4. The maximum absolute atomic E-state index is 4.24. The Balaban J connectivity index is 0.000000141. The second-order valence-corrected chi connectivity index (χ2v) is 7.27. The maximum Gasteiger partial charge on any atom is 0.0424 e. The second kappa shape index (κ2) is 9.14. The van der Waals surface area contributed by atoms with Gasteiger partial charge in [-0.3, -0.25) is 4.99 Å². The molecule has 0 amide bonds. The van der Waals surface area contributed by atoms with E-state index in [2.05, 4.69) is 52.9 Å². The predicted molar refractivity (Wildman–Crippen MR) is 104 cm³/mol. The molecule has 2 heterocycles. The molecule has 1 aromatic rings. The zero-order valence-electron chi connectivity index (χ0n) is 14.9. The minimum absolute atomic E-state index is 0.861. The normalized spacial score (nSPS) is 26.3. The van der Waals surface area contributed by atoms with Gasteiger partial charge >= 0.3 is 0 Å². The number of hydrogen-bond donors (Lipinski definition) is 2. The SMILES string of the molecule is C1=NCCC=C1c1ccccc1.CC1C[C@@H]1NCC1CCNCC1. The molecule has 0 spiro atoms. The first-order valence-corrected chi connectivity index (χ1v) is 9.52. The van der Waals surface area contributed by atoms with Crippen LogP contribution in [0.5, 0.6) is 0 Å². The number of benzene rings is 1. The first kappa shape index (κ1) is 17.4. The Morgan fingerprint density at radius 3 is 2.54 bits per heavy atom. The molecule has 24 heavy (non-hydrogen) atoms. The van der Waals surface area contributed by atoms with Crippen molar-refractivity contribution in [2.45, 2.75) is 38.6 Å². The van der Waals surface area contributed by atoms with Crippen LogP contribution < -0.4 is 10.6 Å². The summed E-state index contributed by atoms with van der Waals surface area (Å²) in [5.41, 5.74) is 2.52. The Morgan fingerprint density at radius 2 is 1.92 bits per heavy atom. The lowest BCUT2D eigenvalue weighted by Crippen LogP contribution is -2.34. The first-order chi connectivity index (χ1) is 11.8. The van der Waals surface area contributed by atoms with Crippen molar-refractivity contribution in [3.8, 4) is 0 Å². The number of hydrogen-bond acceptors (Lipinski definition) is 3. The number of dihydropyridines is 1. The maximum atomic E-state index is 4.24. The van der Waals surface area contributed by atoms with Crippen molar-refractivity contribution in [2.24, 2.45) is 16.8 Å². The number of allylic oxidation sites excluding steroid dienone is 1. The van der Waals surface area contributed by atoms with Gasteiger partial charge in [-0.25, -0.2) is 0 Å². The number of nitrogens with zero attached hydrogens (tertiary/aromatic N) is 1. The Kier molecular flexibility index (Phi) is 6.62. The summed E-state index contributed by atoms with van der Waals surface area (Å²) in [4.78, 5) is 4.24. The predicted octanol–water partition coefficient (Wildman–Crippen LogP) is 3.53. The van der Waals surface area contributed by atoms with Gasteiger partial charge in [0, 0.05) is 18.8 Å². The Morgan fingerprint density at radius 1 is 1.17 bits per heavy atom. The molecule has 0 bridgehead atoms. The highest BCUT2D eigenvalue weighted by molar-refractivity contribution is 6.10. The molecule has 1 aliphatic carbocycles. The van der Waals surface area contributed by atoms with Gasteiger partial charge in [0.05, 0.1) is 0 Å². The molecule has 1 aromatic carbocycles. The monoisotopic (exact) mass is 325 g/mol. The number of nitrogens with one attached hydrogen (secondary N) is 2. The van der Waals surface area contributed by atoms with Crippen LogP contribution >= 0.6 is 0 Å². The van der Waals surface area contributed by atoms with Crippen LogP contribution in [-0.4, -0.2) is 38.4 Å². The summed E-state index contributed by atoms with van der Waals surface area (Å²) < 4.78 is 0. The van der Waals surface area contributed by atoms with Crippen molar-refractivity contribution in [3.05, 3.63) is 42.0 Å². The van der Waals surface area contributed by atoms with Crippen LogP contribution in [0.2, 0.25) is 0 Å². The smallest absolute Gasteiger partial charge is 0.0424 e. The van der Waals surface area contributed by atoms with Gasteiger partial charge in [-0.1, -0.05) is 43.3 Å². The molecule has 4 rings (SSSR count). The number of aliphatic imine (C=N–C) groups is 1. The average molecular weight is 326 g/mol. The summed E-state index contributed by atoms with van der Waals surface area (Å²) in [6, 6.07) is 11.2. The van der Waals surface area contributed by atoms with Gasteiger partial charge < -0.3 is 10.6 Å². The van der Waals surface area contributed by atoms with E-state index in [1.807, 2.05) is 12.3 Å². The van der Waals surface area contributed by atoms with Crippen LogP contribution in [0.25, 0.3) is 5.57 Å². The molecule has 2 aliphatic heterocycles. The molecule has 1 saturated heterocycles. The quantitative estimate of drug-likeness (QED) is 0.888. The minimum Gasteiger partial charge on any atom is -0.317 e. The van der Waals surface area contributed by atoms with E-state index in [1.165, 1.54) is 50.0 Å². The Bertz CT molecular complexity index is 543. The van der Waals surface area contributed by atoms with Crippen molar-refractivity contribution < 1.29 is 0 Å². The van der Waals surface area contributed by atoms with Crippen LogP contribution in [0.3, 0.4) is 0 Å². The van der Waals surface area contributed by atoms with E-state index in [0.717, 1.165) is 30.8 Å². The molecule has 2 fully saturated rings. The molecule has 2 N–H and O–H groups in total. The highest BCUT2D eigenvalue weighted by Gasteiger charge is 2.32. The van der Waals surface area contributed by atoms with E-state index < -0.39 is 0 Å². The van der Waals surface area contributed by atoms with Crippen molar-refractivity contribution in [1.82, 2.24) is 10.6 Å². The summed E-state index contributed by atoms with van der Waals surface area (Å²) in [5, 5.41) is 7.05. The Hall–Kier alpha value is -1.45. The third-order valence-electron chi connectivity index (χ3n) is 5.20. The van der Waals surface area contributed by atoms with Gasteiger partial charge in [-0.05, 0) is 68.3 Å². The van der Waals surface area contributed by atoms with E-state index in [4.69, 9.17) is 0 Å². The van der Waals surface area contributed by atoms with E-state index >= 15 is 0 Å². The highest BCUT2D eigenvalue weighted by atomic mass is 15.0. The molecule has 0 aromatic heterocycles. The molecule has 0 radical (unpaired) electrons. The number of piperidine rings is 1. The zero-order valence-corrected chi connectivity index (χ0v) is 14.9. The fourth-order valence-electron chi connectivity index (χ4n) is 3.34. The largest absolute Gasteiger partial charge is 0.317 e. The second-order valence-electron chi connectivity index (χ2n) is 7.27. The van der Waals surface area contributed by atoms with Gasteiger partial charge in [0.1, 0.15) is 0 Å². The van der Waals surface area contributed by atoms with E-state index in [-0.39, 0.29) is 0 Å². The minimum atomic E-state index is 0.861. The molecule has 1 saturated carbocycles. The van der Waals surface area contributed by atoms with Crippen LogP contribution in [0, 0.1) is 11.8 Å². The van der Waals surface area contributed by atoms with Crippen LogP contribution in [0.4, 0.5) is 0 Å². The van der Waals surface area contributed by atoms with Gasteiger partial charge in [-0.15, -0.1) is 0 Å². The van der Waals surface area contributed by atoms with Gasteiger partial charge in [0.15, 0.2) is 0 Å². The Labute approximate surface area is 146 Å². The summed E-state index contributed by atoms with van der Waals surface area (Å²) in [7, 11) is 0. The molecule has 3 aliphatic rings. The first-order valence-electron chi connectivity index (χ1n) is 9.52. The molecule has 130 valence electrons. The van der Waals surface area contributed by atoms with Crippen molar-refractivity contribution in [2.75, 3.05) is 26.2 Å². The third-order valence-corrected chi connectivity index (χ3v) is 5.20. The lowest BCUT2D eigenvalue weighted by molar-refractivity contribution is 0.354. The van der Waals surface area contributed by atoms with Crippen molar-refractivity contribution in [3.63, 3.8) is 0 Å². The average Bonchev–Trinajstić information content (AvgIpc) is 3.38. The van der Waals surface area contributed by atoms with Gasteiger partial charge in [0.25, 0.3) is 0 Å². The molecule has 3 heteroatoms. The van der Waals surface area contributed by atoms with Gasteiger partial charge in [0.2, 0.25) is 0 Å². The van der Waals surface area contributed by atoms with Crippen molar-refractivity contribution >= 4 is 11.8 Å². The lowest BCUT2D eigenvalue weighted by Gasteiger charge is -2.22. The topological polar surface area (TPSA) is 36.4 Å². The van der Waals surface area contributed by atoms with Crippen LogP contribution in [-0.2, 0) is 0 Å². The summed E-state index contributed by atoms with van der Waals surface area (Å²) >= 11 is 0.